The molecule has 0 radical (unpaired) electrons. The van der Waals surface area contributed by atoms with Gasteiger partial charge in [0.25, 0.3) is 0 Å². The Kier molecular flexibility index (Phi) is 5.48. The summed E-state index contributed by atoms with van der Waals surface area (Å²) in [6.07, 6.45) is 0.851. The number of morpholine rings is 1. The second-order valence-corrected chi connectivity index (χ2v) is 10.9. The standard InChI is InChI=1S/C23H37FN2O2/c1-21(2,3)25-13-18(28-20-11-16(24)9-10-19(20)25)12-17-14-27-23(7,8)15-26(17)22(4,5)6/h9-11,17-18H,12-15H2,1-8H3/t17-,18?/m1/s1. The van der Waals surface area contributed by atoms with Gasteiger partial charge in [-0.3, -0.25) is 4.90 Å². The zero-order chi connectivity index (χ0) is 20.9. The van der Waals surface area contributed by atoms with E-state index >= 15 is 0 Å². The van der Waals surface area contributed by atoms with Crippen LogP contribution in [0.25, 0.3) is 0 Å². The molecule has 0 aliphatic carbocycles. The molecular formula is C23H37FN2O2. The lowest BCUT2D eigenvalue weighted by Gasteiger charge is -2.51. The van der Waals surface area contributed by atoms with Crippen LogP contribution in [0.5, 0.6) is 5.75 Å². The number of nitrogens with zero attached hydrogens (tertiary/aromatic N) is 2. The molecule has 1 saturated heterocycles. The second-order valence-electron chi connectivity index (χ2n) is 10.9. The number of fused-ring (bicyclic) bond motifs is 1. The van der Waals surface area contributed by atoms with E-state index in [4.69, 9.17) is 9.47 Å². The maximum atomic E-state index is 13.9. The molecule has 2 aliphatic heterocycles. The number of benzene rings is 1. The minimum absolute atomic E-state index is 0.00631. The third-order valence-electron chi connectivity index (χ3n) is 5.76. The normalized spacial score (nSPS) is 26.0. The van der Waals surface area contributed by atoms with Crippen LogP contribution >= 0.6 is 0 Å². The van der Waals surface area contributed by atoms with Crippen LogP contribution in [0.15, 0.2) is 18.2 Å². The van der Waals surface area contributed by atoms with Gasteiger partial charge in [-0.2, -0.15) is 0 Å². The first-order chi connectivity index (χ1) is 12.8. The van der Waals surface area contributed by atoms with Gasteiger partial charge >= 0.3 is 0 Å². The zero-order valence-electron chi connectivity index (χ0n) is 18.8. The predicted octanol–water partition coefficient (Wildman–Crippen LogP) is 4.86. The van der Waals surface area contributed by atoms with E-state index in [1.807, 2.05) is 6.07 Å². The van der Waals surface area contributed by atoms with E-state index < -0.39 is 0 Å². The lowest BCUT2D eigenvalue weighted by molar-refractivity contribution is -0.144. The summed E-state index contributed by atoms with van der Waals surface area (Å²) in [6, 6.07) is 5.14. The molecule has 2 aliphatic rings. The van der Waals surface area contributed by atoms with Gasteiger partial charge in [0, 0.05) is 36.2 Å². The van der Waals surface area contributed by atoms with Crippen molar-refractivity contribution in [3.63, 3.8) is 0 Å². The van der Waals surface area contributed by atoms with Gasteiger partial charge in [-0.1, -0.05) is 0 Å². The van der Waals surface area contributed by atoms with Crippen molar-refractivity contribution in [1.29, 1.82) is 0 Å². The van der Waals surface area contributed by atoms with Crippen LogP contribution in [0.1, 0.15) is 61.8 Å². The van der Waals surface area contributed by atoms with Crippen LogP contribution in [0, 0.1) is 5.82 Å². The Morgan fingerprint density at radius 3 is 2.39 bits per heavy atom. The van der Waals surface area contributed by atoms with E-state index in [2.05, 4.69) is 65.2 Å². The highest BCUT2D eigenvalue weighted by Crippen LogP contribution is 2.39. The molecule has 3 rings (SSSR count). The van der Waals surface area contributed by atoms with E-state index in [0.29, 0.717) is 12.4 Å². The zero-order valence-corrected chi connectivity index (χ0v) is 18.8. The highest BCUT2D eigenvalue weighted by molar-refractivity contribution is 5.61. The van der Waals surface area contributed by atoms with Gasteiger partial charge in [-0.25, -0.2) is 4.39 Å². The fourth-order valence-corrected chi connectivity index (χ4v) is 4.36. The predicted molar refractivity (Wildman–Crippen MR) is 113 cm³/mol. The average Bonchev–Trinajstić information content (AvgIpc) is 2.53. The Morgan fingerprint density at radius 2 is 1.79 bits per heavy atom. The van der Waals surface area contributed by atoms with Crippen LogP contribution in [0.2, 0.25) is 0 Å². The highest BCUT2D eigenvalue weighted by Gasteiger charge is 2.42. The van der Waals surface area contributed by atoms with Crippen LogP contribution in [0.4, 0.5) is 10.1 Å². The van der Waals surface area contributed by atoms with E-state index in [1.165, 1.54) is 12.1 Å². The first kappa shape index (κ1) is 21.4. The third kappa shape index (κ3) is 4.62. The summed E-state index contributed by atoms with van der Waals surface area (Å²) in [5.41, 5.74) is 0.806. The Labute approximate surface area is 170 Å². The summed E-state index contributed by atoms with van der Waals surface area (Å²) in [6.45, 7) is 20.0. The lowest BCUT2D eigenvalue weighted by atomic mass is 9.92. The third-order valence-corrected chi connectivity index (χ3v) is 5.76. The highest BCUT2D eigenvalue weighted by atomic mass is 19.1. The maximum absolute atomic E-state index is 13.9. The number of hydrogen-bond donors (Lipinski definition) is 0. The SMILES string of the molecule is CC1(C)CN(C(C)(C)C)[C@H](CC2CN(C(C)(C)C)c3ccc(F)cc3O2)CO1. The molecule has 1 aromatic rings. The Bertz CT molecular complexity index is 706. The van der Waals surface area contributed by atoms with Crippen LogP contribution in [-0.2, 0) is 4.74 Å². The van der Waals surface area contributed by atoms with Gasteiger partial charge in [0.1, 0.15) is 17.7 Å². The fraction of sp³-hybridized carbons (Fsp3) is 0.739. The first-order valence-corrected chi connectivity index (χ1v) is 10.4. The molecular weight excluding hydrogens is 355 g/mol. The molecule has 0 aromatic heterocycles. The molecule has 4 nitrogen and oxygen atoms in total. The summed E-state index contributed by atoms with van der Waals surface area (Å²) < 4.78 is 26.3. The number of ether oxygens (including phenoxy) is 2. The molecule has 158 valence electrons. The van der Waals surface area contributed by atoms with Gasteiger partial charge in [0.15, 0.2) is 0 Å². The van der Waals surface area contributed by atoms with E-state index in [1.54, 1.807) is 0 Å². The van der Waals surface area contributed by atoms with Gasteiger partial charge in [0.05, 0.1) is 24.4 Å². The molecule has 2 atom stereocenters. The maximum Gasteiger partial charge on any atom is 0.146 e. The minimum atomic E-state index is -0.257. The van der Waals surface area contributed by atoms with Crippen LogP contribution < -0.4 is 9.64 Å². The van der Waals surface area contributed by atoms with Crippen molar-refractivity contribution in [3.05, 3.63) is 24.0 Å². The molecule has 1 aromatic carbocycles. The van der Waals surface area contributed by atoms with Crippen LogP contribution in [-0.4, -0.2) is 53.4 Å². The second kappa shape index (κ2) is 7.17. The molecule has 2 heterocycles. The number of halogens is 1. The largest absolute Gasteiger partial charge is 0.486 e. The van der Waals surface area contributed by atoms with Gasteiger partial charge in [0.2, 0.25) is 0 Å². The quantitative estimate of drug-likeness (QED) is 0.718. The molecule has 0 amide bonds. The molecule has 1 fully saturated rings. The molecule has 0 N–H and O–H groups in total. The van der Waals surface area contributed by atoms with Crippen molar-refractivity contribution in [2.45, 2.75) is 90.6 Å². The van der Waals surface area contributed by atoms with Crippen molar-refractivity contribution in [2.75, 3.05) is 24.6 Å². The van der Waals surface area contributed by atoms with E-state index in [0.717, 1.165) is 25.2 Å². The van der Waals surface area contributed by atoms with Gasteiger partial charge in [-0.05, 0) is 67.5 Å². The smallest absolute Gasteiger partial charge is 0.146 e. The molecule has 28 heavy (non-hydrogen) atoms. The summed E-state index contributed by atoms with van der Waals surface area (Å²) in [4.78, 5) is 4.88. The van der Waals surface area contributed by atoms with Crippen LogP contribution in [0.3, 0.4) is 0 Å². The number of anilines is 1. The van der Waals surface area contributed by atoms with Crippen molar-refractivity contribution >= 4 is 5.69 Å². The average molecular weight is 393 g/mol. The van der Waals surface area contributed by atoms with Gasteiger partial charge < -0.3 is 14.4 Å². The van der Waals surface area contributed by atoms with Crippen molar-refractivity contribution in [2.24, 2.45) is 0 Å². The van der Waals surface area contributed by atoms with Crippen molar-refractivity contribution < 1.29 is 13.9 Å². The summed E-state index contributed by atoms with van der Waals surface area (Å²) in [5.74, 6) is 0.387. The molecule has 1 unspecified atom stereocenters. The molecule has 0 saturated carbocycles. The monoisotopic (exact) mass is 392 g/mol. The molecule has 0 spiro atoms. The Hall–Kier alpha value is -1.33. The topological polar surface area (TPSA) is 24.9 Å². The molecule has 0 bridgehead atoms. The van der Waals surface area contributed by atoms with Crippen molar-refractivity contribution in [3.8, 4) is 5.75 Å². The summed E-state index contributed by atoms with van der Waals surface area (Å²) >= 11 is 0. The van der Waals surface area contributed by atoms with Gasteiger partial charge in [-0.15, -0.1) is 0 Å². The first-order valence-electron chi connectivity index (χ1n) is 10.4. The Morgan fingerprint density at radius 1 is 1.11 bits per heavy atom. The fourth-order valence-electron chi connectivity index (χ4n) is 4.36. The number of hydrogen-bond acceptors (Lipinski definition) is 4. The van der Waals surface area contributed by atoms with Crippen molar-refractivity contribution in [1.82, 2.24) is 4.90 Å². The van der Waals surface area contributed by atoms with E-state index in [9.17, 15) is 4.39 Å². The Balaban J connectivity index is 1.84. The van der Waals surface area contributed by atoms with E-state index in [-0.39, 0.29) is 34.6 Å². The minimum Gasteiger partial charge on any atom is -0.486 e. The summed E-state index contributed by atoms with van der Waals surface area (Å²) in [5, 5.41) is 0. The summed E-state index contributed by atoms with van der Waals surface area (Å²) in [7, 11) is 0. The molecule has 5 heteroatoms. The number of rotatable bonds is 2. The lowest BCUT2D eigenvalue weighted by Crippen LogP contribution is -2.62.